The van der Waals surface area contributed by atoms with E-state index in [1.165, 1.54) is 12.1 Å². The van der Waals surface area contributed by atoms with Crippen molar-refractivity contribution in [2.45, 2.75) is 31.1 Å². The highest BCUT2D eigenvalue weighted by molar-refractivity contribution is 7.89. The molecule has 1 atom stereocenters. The van der Waals surface area contributed by atoms with E-state index in [1.807, 2.05) is 6.92 Å². The van der Waals surface area contributed by atoms with Gasteiger partial charge in [-0.2, -0.15) is 0 Å². The van der Waals surface area contributed by atoms with Crippen LogP contribution in [0.4, 0.5) is 5.69 Å². The molecule has 3 N–H and O–H groups in total. The van der Waals surface area contributed by atoms with Gasteiger partial charge in [-0.15, -0.1) is 0 Å². The van der Waals surface area contributed by atoms with E-state index in [0.717, 1.165) is 6.42 Å². The van der Waals surface area contributed by atoms with E-state index in [-0.39, 0.29) is 29.7 Å². The number of sulfonamides is 1. The van der Waals surface area contributed by atoms with Crippen LogP contribution in [0.25, 0.3) is 0 Å². The van der Waals surface area contributed by atoms with E-state index in [2.05, 4.69) is 10.0 Å². The maximum absolute atomic E-state index is 12.2. The molecule has 1 amide bonds. The quantitative estimate of drug-likeness (QED) is 0.651. The third-order valence-corrected chi connectivity index (χ3v) is 4.95. The van der Waals surface area contributed by atoms with Crippen molar-refractivity contribution in [3.05, 3.63) is 23.8 Å². The van der Waals surface area contributed by atoms with Crippen LogP contribution in [0.1, 0.15) is 25.3 Å². The number of hydrogen-bond donors (Lipinski definition) is 3. The summed E-state index contributed by atoms with van der Waals surface area (Å²) in [5.41, 5.74) is 1.38. The Hall–Kier alpha value is -1.44. The van der Waals surface area contributed by atoms with E-state index >= 15 is 0 Å². The Balaban J connectivity index is 1.97. The number of carbonyl (C=O) groups is 1. The second-order valence-corrected chi connectivity index (χ2v) is 7.14. The molecule has 1 aliphatic rings. The minimum Gasteiger partial charge on any atom is -0.396 e. The van der Waals surface area contributed by atoms with Gasteiger partial charge in [0, 0.05) is 18.8 Å². The van der Waals surface area contributed by atoms with Crippen molar-refractivity contribution in [3.63, 3.8) is 0 Å². The van der Waals surface area contributed by atoms with Gasteiger partial charge in [-0.25, -0.2) is 13.1 Å². The SMILES string of the molecule is CC(CO)CCCNS(=O)(=O)c1ccc2c(c1)CC(=O)N2. The number of benzene rings is 1. The third kappa shape index (κ3) is 4.03. The molecule has 1 unspecified atom stereocenters. The van der Waals surface area contributed by atoms with Crippen molar-refractivity contribution in [3.8, 4) is 0 Å². The average Bonchev–Trinajstić information content (AvgIpc) is 2.82. The molecule has 116 valence electrons. The van der Waals surface area contributed by atoms with Gasteiger partial charge >= 0.3 is 0 Å². The molecule has 6 nitrogen and oxygen atoms in total. The van der Waals surface area contributed by atoms with Gasteiger partial charge < -0.3 is 10.4 Å². The van der Waals surface area contributed by atoms with E-state index in [4.69, 9.17) is 5.11 Å². The highest BCUT2D eigenvalue weighted by Crippen LogP contribution is 2.25. The van der Waals surface area contributed by atoms with Crippen molar-refractivity contribution >= 4 is 21.6 Å². The van der Waals surface area contributed by atoms with Crippen LogP contribution in [-0.4, -0.2) is 32.6 Å². The summed E-state index contributed by atoms with van der Waals surface area (Å²) in [4.78, 5) is 11.4. The van der Waals surface area contributed by atoms with Crippen molar-refractivity contribution in [2.75, 3.05) is 18.5 Å². The Bertz CT molecular complexity index is 628. The summed E-state index contributed by atoms with van der Waals surface area (Å²) < 4.78 is 26.9. The number of amides is 1. The van der Waals surface area contributed by atoms with E-state index in [9.17, 15) is 13.2 Å². The lowest BCUT2D eigenvalue weighted by molar-refractivity contribution is -0.115. The van der Waals surface area contributed by atoms with Crippen LogP contribution in [0.5, 0.6) is 0 Å². The van der Waals surface area contributed by atoms with E-state index in [0.29, 0.717) is 24.2 Å². The molecule has 0 saturated heterocycles. The van der Waals surface area contributed by atoms with Gasteiger partial charge in [-0.1, -0.05) is 6.92 Å². The Labute approximate surface area is 124 Å². The topological polar surface area (TPSA) is 95.5 Å². The molecular formula is C14H20N2O4S. The van der Waals surface area contributed by atoms with Crippen molar-refractivity contribution in [2.24, 2.45) is 5.92 Å². The fourth-order valence-corrected chi connectivity index (χ4v) is 3.33. The highest BCUT2D eigenvalue weighted by Gasteiger charge is 2.21. The Morgan fingerprint density at radius 1 is 1.43 bits per heavy atom. The number of anilines is 1. The zero-order chi connectivity index (χ0) is 15.5. The third-order valence-electron chi connectivity index (χ3n) is 3.49. The predicted octanol–water partition coefficient (Wildman–Crippen LogP) is 0.868. The minimum absolute atomic E-state index is 0.110. The van der Waals surface area contributed by atoms with Crippen LogP contribution in [0.2, 0.25) is 0 Å². The van der Waals surface area contributed by atoms with Crippen LogP contribution in [-0.2, 0) is 21.2 Å². The first-order valence-corrected chi connectivity index (χ1v) is 8.44. The molecule has 2 rings (SSSR count). The highest BCUT2D eigenvalue weighted by atomic mass is 32.2. The predicted molar refractivity (Wildman–Crippen MR) is 79.4 cm³/mol. The fourth-order valence-electron chi connectivity index (χ4n) is 2.20. The summed E-state index contributed by atoms with van der Waals surface area (Å²) in [5, 5.41) is 11.6. The maximum atomic E-state index is 12.2. The van der Waals surface area contributed by atoms with Gasteiger partial charge in [0.25, 0.3) is 0 Å². The molecule has 0 aliphatic carbocycles. The molecule has 0 spiro atoms. The maximum Gasteiger partial charge on any atom is 0.240 e. The summed E-state index contributed by atoms with van der Waals surface area (Å²) >= 11 is 0. The lowest BCUT2D eigenvalue weighted by atomic mass is 10.1. The molecule has 0 radical (unpaired) electrons. The van der Waals surface area contributed by atoms with Gasteiger partial charge in [-0.3, -0.25) is 4.79 Å². The van der Waals surface area contributed by atoms with E-state index in [1.54, 1.807) is 6.07 Å². The standard InChI is InChI=1S/C14H20N2O4S/c1-10(9-17)3-2-6-15-21(19,20)12-4-5-13-11(7-12)8-14(18)16-13/h4-5,7,10,15,17H,2-3,6,8-9H2,1H3,(H,16,18). The molecule has 21 heavy (non-hydrogen) atoms. The molecule has 0 bridgehead atoms. The monoisotopic (exact) mass is 312 g/mol. The minimum atomic E-state index is -3.56. The van der Waals surface area contributed by atoms with Gasteiger partial charge in [0.05, 0.1) is 11.3 Å². The molecular weight excluding hydrogens is 292 g/mol. The summed E-state index contributed by atoms with van der Waals surface area (Å²) in [6.07, 6.45) is 1.65. The first-order valence-electron chi connectivity index (χ1n) is 6.95. The summed E-state index contributed by atoms with van der Waals surface area (Å²) in [5.74, 6) is 0.0529. The number of carbonyl (C=O) groups excluding carboxylic acids is 1. The van der Waals surface area contributed by atoms with Crippen molar-refractivity contribution in [1.29, 1.82) is 0 Å². The molecule has 0 fully saturated rings. The number of rotatable bonds is 7. The molecule has 1 aromatic carbocycles. The Kier molecular flexibility index (Phi) is 4.97. The number of aliphatic hydroxyl groups excluding tert-OH is 1. The molecule has 7 heteroatoms. The van der Waals surface area contributed by atoms with Crippen LogP contribution < -0.4 is 10.0 Å². The van der Waals surface area contributed by atoms with Gasteiger partial charge in [0.1, 0.15) is 0 Å². The molecule has 0 saturated carbocycles. The first-order chi connectivity index (χ1) is 9.92. The normalized spacial score (nSPS) is 15.6. The van der Waals surface area contributed by atoms with Crippen LogP contribution in [0.3, 0.4) is 0 Å². The second kappa shape index (κ2) is 6.55. The number of fused-ring (bicyclic) bond motifs is 1. The zero-order valence-electron chi connectivity index (χ0n) is 11.9. The molecule has 0 aromatic heterocycles. The van der Waals surface area contributed by atoms with Crippen LogP contribution >= 0.6 is 0 Å². The van der Waals surface area contributed by atoms with Gasteiger partial charge in [0.15, 0.2) is 0 Å². The Morgan fingerprint density at radius 3 is 2.90 bits per heavy atom. The lowest BCUT2D eigenvalue weighted by Crippen LogP contribution is -2.25. The van der Waals surface area contributed by atoms with Crippen LogP contribution in [0, 0.1) is 5.92 Å². The zero-order valence-corrected chi connectivity index (χ0v) is 12.7. The first kappa shape index (κ1) is 15.9. The fraction of sp³-hybridized carbons (Fsp3) is 0.500. The van der Waals surface area contributed by atoms with Crippen molar-refractivity contribution in [1.82, 2.24) is 4.72 Å². The Morgan fingerprint density at radius 2 is 2.19 bits per heavy atom. The summed E-state index contributed by atoms with van der Waals surface area (Å²) in [6, 6.07) is 4.64. The number of hydrogen-bond acceptors (Lipinski definition) is 4. The molecule has 1 heterocycles. The van der Waals surface area contributed by atoms with Crippen LogP contribution in [0.15, 0.2) is 23.1 Å². The molecule has 1 aliphatic heterocycles. The smallest absolute Gasteiger partial charge is 0.240 e. The second-order valence-electron chi connectivity index (χ2n) is 5.37. The van der Waals surface area contributed by atoms with Crippen molar-refractivity contribution < 1.29 is 18.3 Å². The number of aliphatic hydroxyl groups is 1. The summed E-state index contributed by atoms with van der Waals surface area (Å²) in [7, 11) is -3.56. The van der Waals surface area contributed by atoms with E-state index < -0.39 is 10.0 Å². The largest absolute Gasteiger partial charge is 0.396 e. The summed E-state index contributed by atoms with van der Waals surface area (Å²) in [6.45, 7) is 2.36. The van der Waals surface area contributed by atoms with Gasteiger partial charge in [0.2, 0.25) is 15.9 Å². The lowest BCUT2D eigenvalue weighted by Gasteiger charge is -2.10. The average molecular weight is 312 g/mol. The molecule has 1 aromatic rings. The number of nitrogens with one attached hydrogen (secondary N) is 2. The van der Waals surface area contributed by atoms with Gasteiger partial charge in [-0.05, 0) is 42.5 Å².